The second kappa shape index (κ2) is 7.46. The second-order valence-corrected chi connectivity index (χ2v) is 7.59. The molecule has 2 aromatic rings. The van der Waals surface area contributed by atoms with Crippen molar-refractivity contribution in [2.45, 2.75) is 44.2 Å². The Hall–Kier alpha value is -3.15. The Morgan fingerprint density at radius 2 is 2.18 bits per heavy atom. The van der Waals surface area contributed by atoms with Crippen LogP contribution in [0.2, 0.25) is 0 Å². The maximum absolute atomic E-state index is 13.0. The third kappa shape index (κ3) is 3.63. The largest absolute Gasteiger partial charge is 0.356 e. The van der Waals surface area contributed by atoms with Gasteiger partial charge < -0.3 is 20.2 Å². The molecule has 3 heterocycles. The molecule has 0 radical (unpaired) electrons. The van der Waals surface area contributed by atoms with Crippen molar-refractivity contribution in [3.63, 3.8) is 0 Å². The molecule has 1 saturated carbocycles. The summed E-state index contributed by atoms with van der Waals surface area (Å²) in [7, 11) is 0. The highest BCUT2D eigenvalue weighted by molar-refractivity contribution is 5.83. The smallest absolute Gasteiger partial charge is 0.279 e. The fourth-order valence-electron chi connectivity index (χ4n) is 3.77. The molecule has 1 aliphatic heterocycles. The van der Waals surface area contributed by atoms with Crippen LogP contribution in [0.3, 0.4) is 0 Å². The summed E-state index contributed by atoms with van der Waals surface area (Å²) in [4.78, 5) is 44.5. The second-order valence-electron chi connectivity index (χ2n) is 7.59. The number of carbonyl (C=O) groups is 2. The molecule has 4 rings (SSSR count). The van der Waals surface area contributed by atoms with Crippen molar-refractivity contribution in [2.24, 2.45) is 11.8 Å². The highest BCUT2D eigenvalue weighted by atomic mass is 16.2. The van der Waals surface area contributed by atoms with Crippen molar-refractivity contribution in [2.75, 3.05) is 6.54 Å². The molecular formula is C19H22N6O3. The van der Waals surface area contributed by atoms with E-state index in [4.69, 9.17) is 0 Å². The van der Waals surface area contributed by atoms with E-state index in [-0.39, 0.29) is 35.2 Å². The zero-order chi connectivity index (χ0) is 19.7. The van der Waals surface area contributed by atoms with Crippen LogP contribution in [-0.2, 0) is 9.59 Å². The number of nitrogens with one attached hydrogen (secondary N) is 3. The number of imidazole rings is 1. The number of aromatic amines is 1. The molecular weight excluding hydrogens is 360 g/mol. The van der Waals surface area contributed by atoms with E-state index in [9.17, 15) is 19.6 Å². The number of amides is 2. The number of nitriles is 1. The van der Waals surface area contributed by atoms with Crippen LogP contribution in [0.15, 0.2) is 23.4 Å². The number of carbonyl (C=O) groups excluding carboxylic acids is 2. The molecule has 0 aromatic carbocycles. The number of hydrogen-bond acceptors (Lipinski definition) is 5. The van der Waals surface area contributed by atoms with Gasteiger partial charge in [0.25, 0.3) is 5.56 Å². The Morgan fingerprint density at radius 3 is 2.86 bits per heavy atom. The normalized spacial score (nSPS) is 21.1. The van der Waals surface area contributed by atoms with E-state index in [1.54, 1.807) is 12.3 Å². The highest BCUT2D eigenvalue weighted by Gasteiger charge is 2.33. The standard InChI is InChI=1S/C19H22N6O3/c20-9-13(8-12-3-5-21-17(12)26)24-18(27)15(7-11-1-2-11)25-6-4-14-16(19(25)28)23-10-22-14/h4,6,10-13,15H,1-3,5,7-8H2,(H,21,26)(H,22,23)(H,24,27)/t12-,13-,15+/m0/s1. The van der Waals surface area contributed by atoms with Gasteiger partial charge in [-0.25, -0.2) is 4.98 Å². The molecule has 9 nitrogen and oxygen atoms in total. The number of H-pyrrole nitrogens is 1. The molecule has 146 valence electrons. The minimum atomic E-state index is -0.770. The number of pyridine rings is 1. The lowest BCUT2D eigenvalue weighted by atomic mass is 9.98. The maximum Gasteiger partial charge on any atom is 0.279 e. The molecule has 2 aromatic heterocycles. The van der Waals surface area contributed by atoms with Gasteiger partial charge in [0.2, 0.25) is 11.8 Å². The van der Waals surface area contributed by atoms with Crippen LogP contribution in [0.4, 0.5) is 0 Å². The summed E-state index contributed by atoms with van der Waals surface area (Å²) in [6, 6.07) is 2.33. The minimum Gasteiger partial charge on any atom is -0.356 e. The quantitative estimate of drug-likeness (QED) is 0.645. The van der Waals surface area contributed by atoms with E-state index in [0.29, 0.717) is 30.8 Å². The van der Waals surface area contributed by atoms with Gasteiger partial charge in [-0.2, -0.15) is 5.26 Å². The van der Waals surface area contributed by atoms with Gasteiger partial charge in [0.15, 0.2) is 5.52 Å². The molecule has 0 spiro atoms. The number of hydrogen-bond donors (Lipinski definition) is 3. The van der Waals surface area contributed by atoms with Crippen LogP contribution in [0, 0.1) is 23.2 Å². The summed E-state index contributed by atoms with van der Waals surface area (Å²) in [5, 5.41) is 14.9. The Bertz CT molecular complexity index is 999. The fraction of sp³-hybridized carbons (Fsp3) is 0.526. The molecule has 9 heteroatoms. The molecule has 3 N–H and O–H groups in total. The first-order valence-corrected chi connectivity index (χ1v) is 9.58. The molecule has 2 aliphatic rings. The van der Waals surface area contributed by atoms with E-state index >= 15 is 0 Å². The predicted molar refractivity (Wildman–Crippen MR) is 100 cm³/mol. The fourth-order valence-corrected chi connectivity index (χ4v) is 3.77. The third-order valence-corrected chi connectivity index (χ3v) is 5.56. The minimum absolute atomic E-state index is 0.0794. The van der Waals surface area contributed by atoms with Gasteiger partial charge in [0, 0.05) is 18.7 Å². The van der Waals surface area contributed by atoms with E-state index in [0.717, 1.165) is 12.8 Å². The molecule has 28 heavy (non-hydrogen) atoms. The van der Waals surface area contributed by atoms with Gasteiger partial charge in [-0.1, -0.05) is 12.8 Å². The van der Waals surface area contributed by atoms with Crippen molar-refractivity contribution in [3.05, 3.63) is 28.9 Å². The topological polar surface area (TPSA) is 133 Å². The van der Waals surface area contributed by atoms with Crippen molar-refractivity contribution >= 4 is 22.8 Å². The summed E-state index contributed by atoms with van der Waals surface area (Å²) in [6.07, 6.45) is 6.60. The monoisotopic (exact) mass is 382 g/mol. The van der Waals surface area contributed by atoms with E-state index in [2.05, 4.69) is 26.7 Å². The molecule has 2 fully saturated rings. The van der Waals surface area contributed by atoms with Gasteiger partial charge >= 0.3 is 0 Å². The zero-order valence-corrected chi connectivity index (χ0v) is 15.4. The molecule has 2 amide bonds. The third-order valence-electron chi connectivity index (χ3n) is 5.56. The average Bonchev–Trinajstić information content (AvgIpc) is 3.21. The molecule has 1 aliphatic carbocycles. The Morgan fingerprint density at radius 1 is 1.36 bits per heavy atom. The Balaban J connectivity index is 1.55. The highest BCUT2D eigenvalue weighted by Crippen LogP contribution is 2.36. The van der Waals surface area contributed by atoms with Gasteiger partial charge in [-0.15, -0.1) is 0 Å². The van der Waals surface area contributed by atoms with Crippen molar-refractivity contribution in [1.29, 1.82) is 5.26 Å². The Kier molecular flexibility index (Phi) is 4.86. The first-order valence-electron chi connectivity index (χ1n) is 9.58. The summed E-state index contributed by atoms with van der Waals surface area (Å²) in [6.45, 7) is 0.596. The molecule has 0 bridgehead atoms. The molecule has 3 atom stereocenters. The maximum atomic E-state index is 13.0. The predicted octanol–water partition coefficient (Wildman–Crippen LogP) is 0.600. The summed E-state index contributed by atoms with van der Waals surface area (Å²) >= 11 is 0. The number of aromatic nitrogens is 3. The summed E-state index contributed by atoms with van der Waals surface area (Å²) in [5.74, 6) is -0.313. The Labute approximate surface area is 161 Å². The van der Waals surface area contributed by atoms with Crippen LogP contribution in [0.5, 0.6) is 0 Å². The van der Waals surface area contributed by atoms with Crippen molar-refractivity contribution in [3.8, 4) is 6.07 Å². The van der Waals surface area contributed by atoms with Gasteiger partial charge in [0.05, 0.1) is 17.9 Å². The lowest BCUT2D eigenvalue weighted by molar-refractivity contribution is -0.126. The van der Waals surface area contributed by atoms with Gasteiger partial charge in [-0.05, 0) is 31.2 Å². The first kappa shape index (κ1) is 18.2. The lowest BCUT2D eigenvalue weighted by Gasteiger charge is -2.22. The summed E-state index contributed by atoms with van der Waals surface area (Å²) < 4.78 is 1.41. The molecule has 1 saturated heterocycles. The van der Waals surface area contributed by atoms with Crippen LogP contribution in [0.1, 0.15) is 38.1 Å². The average molecular weight is 382 g/mol. The summed E-state index contributed by atoms with van der Waals surface area (Å²) in [5.41, 5.74) is 0.577. The van der Waals surface area contributed by atoms with Crippen molar-refractivity contribution in [1.82, 2.24) is 25.2 Å². The van der Waals surface area contributed by atoms with Crippen LogP contribution in [-0.4, -0.2) is 38.9 Å². The van der Waals surface area contributed by atoms with Crippen LogP contribution < -0.4 is 16.2 Å². The van der Waals surface area contributed by atoms with Crippen LogP contribution in [0.25, 0.3) is 11.0 Å². The van der Waals surface area contributed by atoms with Crippen LogP contribution >= 0.6 is 0 Å². The van der Waals surface area contributed by atoms with Gasteiger partial charge in [0.1, 0.15) is 12.1 Å². The number of fused-ring (bicyclic) bond motifs is 1. The van der Waals surface area contributed by atoms with E-state index < -0.39 is 12.1 Å². The number of nitrogens with zero attached hydrogens (tertiary/aromatic N) is 3. The van der Waals surface area contributed by atoms with E-state index in [1.807, 2.05) is 0 Å². The SMILES string of the molecule is N#C[C@H](C[C@@H]1CCNC1=O)NC(=O)[C@@H](CC1CC1)n1ccc2[nH]cnc2c1=O. The van der Waals surface area contributed by atoms with Gasteiger partial charge in [-0.3, -0.25) is 14.4 Å². The van der Waals surface area contributed by atoms with Crippen molar-refractivity contribution < 1.29 is 9.59 Å². The first-order chi connectivity index (χ1) is 13.6. The lowest BCUT2D eigenvalue weighted by Crippen LogP contribution is -2.43. The zero-order valence-electron chi connectivity index (χ0n) is 15.4. The number of rotatable bonds is 7. The molecule has 0 unspecified atom stereocenters. The van der Waals surface area contributed by atoms with E-state index in [1.165, 1.54) is 10.9 Å².